The van der Waals surface area contributed by atoms with Crippen molar-refractivity contribution >= 4 is 33.6 Å². The van der Waals surface area contributed by atoms with Crippen LogP contribution in [0.1, 0.15) is 18.2 Å². The number of rotatable bonds is 3. The van der Waals surface area contributed by atoms with E-state index in [9.17, 15) is 14.7 Å². The van der Waals surface area contributed by atoms with Crippen LogP contribution < -0.4 is 11.2 Å². The van der Waals surface area contributed by atoms with Crippen molar-refractivity contribution in [2.75, 3.05) is 5.88 Å². The molecule has 1 aromatic heterocycles. The van der Waals surface area contributed by atoms with Crippen LogP contribution in [0.5, 0.6) is 0 Å². The van der Waals surface area contributed by atoms with Gasteiger partial charge in [-0.3, -0.25) is 14.3 Å². The highest BCUT2D eigenvalue weighted by Gasteiger charge is 2.34. The molecule has 0 spiro atoms. The molecule has 0 saturated carbocycles. The Hall–Kier alpha value is -0.890. The quantitative estimate of drug-likeness (QED) is 0.789. The summed E-state index contributed by atoms with van der Waals surface area (Å²) in [5, 5.41) is 9.72. The number of nitrogens with zero attached hydrogens (tertiary/aromatic N) is 1. The van der Waals surface area contributed by atoms with Gasteiger partial charge in [0, 0.05) is 12.6 Å². The Morgan fingerprint density at radius 2 is 2.37 bits per heavy atom. The molecule has 0 bridgehead atoms. The predicted molar refractivity (Wildman–Crippen MR) is 74.5 cm³/mol. The Morgan fingerprint density at radius 1 is 1.63 bits per heavy atom. The Morgan fingerprint density at radius 3 is 2.95 bits per heavy atom. The summed E-state index contributed by atoms with van der Waals surface area (Å²) in [5.41, 5.74) is -0.752. The second kappa shape index (κ2) is 6.04. The smallest absolute Gasteiger partial charge is 0.330 e. The molecule has 0 aliphatic carbocycles. The van der Waals surface area contributed by atoms with Crippen LogP contribution in [0.4, 0.5) is 0 Å². The van der Waals surface area contributed by atoms with Gasteiger partial charge in [-0.25, -0.2) is 4.79 Å². The van der Waals surface area contributed by atoms with Gasteiger partial charge in [0.25, 0.3) is 5.56 Å². The molecule has 2 N–H and O–H groups in total. The number of aromatic nitrogens is 2. The first-order chi connectivity index (χ1) is 9.06. The van der Waals surface area contributed by atoms with E-state index in [2.05, 4.69) is 20.9 Å². The molecule has 104 valence electrons. The second-order valence-electron chi connectivity index (χ2n) is 4.13. The maximum atomic E-state index is 11.8. The van der Waals surface area contributed by atoms with Gasteiger partial charge in [0.15, 0.2) is 0 Å². The lowest BCUT2D eigenvalue weighted by Crippen LogP contribution is -2.33. The molecule has 6 nitrogen and oxygen atoms in total. The summed E-state index contributed by atoms with van der Waals surface area (Å²) in [7, 11) is 0. The summed E-state index contributed by atoms with van der Waals surface area (Å²) >= 11 is 8.72. The van der Waals surface area contributed by atoms with Gasteiger partial charge in [0.05, 0.1) is 23.7 Å². The lowest BCUT2D eigenvalue weighted by Gasteiger charge is -2.14. The molecule has 1 aliphatic rings. The number of aromatic amines is 1. The highest BCUT2D eigenvalue weighted by molar-refractivity contribution is 9.11. The van der Waals surface area contributed by atoms with E-state index in [1.165, 1.54) is 21.8 Å². The topological polar surface area (TPSA) is 84.3 Å². The van der Waals surface area contributed by atoms with Crippen molar-refractivity contribution in [3.05, 3.63) is 37.6 Å². The average molecular weight is 352 g/mol. The Labute approximate surface area is 121 Å². The minimum atomic E-state index is -0.725. The molecule has 3 atom stereocenters. The molecule has 0 unspecified atom stereocenters. The number of aliphatic hydroxyl groups is 1. The standard InChI is InChI=1S/C11H12BrClN2O4/c12-2-1-6-5-15(11(18)14-10(6)17)9-3-7(16)8(4-13)19-9/h1-2,5,7-9,16H,3-4H2,(H,14,17,18)/b2-1+/t7-,8+,9+/m0/s1. The number of halogens is 2. The lowest BCUT2D eigenvalue weighted by molar-refractivity contribution is -0.00827. The van der Waals surface area contributed by atoms with Crippen molar-refractivity contribution < 1.29 is 9.84 Å². The number of nitrogens with one attached hydrogen (secondary N) is 1. The number of aliphatic hydroxyl groups excluding tert-OH is 1. The zero-order valence-corrected chi connectivity index (χ0v) is 12.1. The second-order valence-corrected chi connectivity index (χ2v) is 4.97. The number of hydrogen-bond donors (Lipinski definition) is 2. The minimum absolute atomic E-state index is 0.143. The summed E-state index contributed by atoms with van der Waals surface area (Å²) in [5.74, 6) is 0.143. The Balaban J connectivity index is 2.38. The normalized spacial score (nSPS) is 27.2. The molecule has 19 heavy (non-hydrogen) atoms. The van der Waals surface area contributed by atoms with Gasteiger partial charge >= 0.3 is 5.69 Å². The van der Waals surface area contributed by atoms with Crippen molar-refractivity contribution in [3.63, 3.8) is 0 Å². The molecule has 2 heterocycles. The fourth-order valence-corrected chi connectivity index (χ4v) is 2.49. The van der Waals surface area contributed by atoms with E-state index in [1.54, 1.807) is 0 Å². The first kappa shape index (κ1) is 14.5. The first-order valence-corrected chi connectivity index (χ1v) is 7.03. The zero-order chi connectivity index (χ0) is 14.0. The summed E-state index contributed by atoms with van der Waals surface area (Å²) in [4.78, 5) is 27.0. The summed E-state index contributed by atoms with van der Waals surface area (Å²) < 4.78 is 6.74. The number of hydrogen-bond acceptors (Lipinski definition) is 4. The Bertz CT molecular complexity index is 597. The molecular formula is C11H12BrClN2O4. The average Bonchev–Trinajstić information content (AvgIpc) is 2.74. The van der Waals surface area contributed by atoms with Gasteiger partial charge in [-0.05, 0) is 11.1 Å². The van der Waals surface area contributed by atoms with Crippen LogP contribution in [-0.2, 0) is 4.74 Å². The molecule has 0 radical (unpaired) electrons. The first-order valence-electron chi connectivity index (χ1n) is 5.58. The van der Waals surface area contributed by atoms with Crippen molar-refractivity contribution in [1.29, 1.82) is 0 Å². The number of H-pyrrole nitrogens is 1. The van der Waals surface area contributed by atoms with Crippen molar-refractivity contribution in [2.24, 2.45) is 0 Å². The third-order valence-corrected chi connectivity index (χ3v) is 3.47. The van der Waals surface area contributed by atoms with Crippen molar-refractivity contribution in [1.82, 2.24) is 9.55 Å². The van der Waals surface area contributed by atoms with Crippen LogP contribution in [0.2, 0.25) is 0 Å². The molecule has 2 rings (SSSR count). The predicted octanol–water partition coefficient (Wildman–Crippen LogP) is 0.789. The molecule has 1 fully saturated rings. The largest absolute Gasteiger partial charge is 0.390 e. The van der Waals surface area contributed by atoms with E-state index in [0.717, 1.165) is 0 Å². The summed E-state index contributed by atoms with van der Waals surface area (Å²) in [6, 6.07) is 0. The molecule has 0 amide bonds. The Kier molecular flexibility index (Phi) is 4.62. The maximum Gasteiger partial charge on any atom is 0.330 e. The van der Waals surface area contributed by atoms with Crippen LogP contribution >= 0.6 is 27.5 Å². The van der Waals surface area contributed by atoms with E-state index in [0.29, 0.717) is 5.56 Å². The fraction of sp³-hybridized carbons (Fsp3) is 0.455. The molecule has 1 saturated heterocycles. The summed E-state index contributed by atoms with van der Waals surface area (Å²) in [6.45, 7) is 0. The van der Waals surface area contributed by atoms with E-state index >= 15 is 0 Å². The monoisotopic (exact) mass is 350 g/mol. The number of alkyl halides is 1. The van der Waals surface area contributed by atoms with Gasteiger partial charge in [-0.1, -0.05) is 15.9 Å². The minimum Gasteiger partial charge on any atom is -0.390 e. The van der Waals surface area contributed by atoms with Crippen LogP contribution in [0.25, 0.3) is 6.08 Å². The van der Waals surface area contributed by atoms with E-state index < -0.39 is 29.7 Å². The third-order valence-electron chi connectivity index (χ3n) is 2.90. The molecule has 0 aromatic carbocycles. The van der Waals surface area contributed by atoms with Crippen LogP contribution in [0.15, 0.2) is 20.8 Å². The highest BCUT2D eigenvalue weighted by atomic mass is 79.9. The molecule has 1 aliphatic heterocycles. The maximum absolute atomic E-state index is 11.8. The fourth-order valence-electron chi connectivity index (χ4n) is 1.93. The lowest BCUT2D eigenvalue weighted by atomic mass is 10.2. The third kappa shape index (κ3) is 3.00. The zero-order valence-electron chi connectivity index (χ0n) is 9.75. The van der Waals surface area contributed by atoms with E-state index in [-0.39, 0.29) is 12.3 Å². The summed E-state index contributed by atoms with van der Waals surface area (Å²) in [6.07, 6.45) is 1.29. The van der Waals surface area contributed by atoms with Gasteiger partial charge < -0.3 is 9.84 Å². The van der Waals surface area contributed by atoms with Crippen LogP contribution in [-0.4, -0.2) is 32.7 Å². The van der Waals surface area contributed by atoms with E-state index in [4.69, 9.17) is 16.3 Å². The van der Waals surface area contributed by atoms with Gasteiger partial charge in [0.1, 0.15) is 6.23 Å². The van der Waals surface area contributed by atoms with Gasteiger partial charge in [-0.15, -0.1) is 11.6 Å². The highest BCUT2D eigenvalue weighted by Crippen LogP contribution is 2.28. The van der Waals surface area contributed by atoms with Crippen LogP contribution in [0, 0.1) is 0 Å². The van der Waals surface area contributed by atoms with Gasteiger partial charge in [0.2, 0.25) is 0 Å². The molecule has 8 heteroatoms. The van der Waals surface area contributed by atoms with E-state index in [1.807, 2.05) is 0 Å². The van der Waals surface area contributed by atoms with Crippen molar-refractivity contribution in [2.45, 2.75) is 24.9 Å². The SMILES string of the molecule is O=c1[nH]c(=O)n([C@H]2C[C@H](O)[C@@H](CCl)O2)cc1/C=C/Br. The van der Waals surface area contributed by atoms with Crippen molar-refractivity contribution in [3.8, 4) is 0 Å². The molecular weight excluding hydrogens is 339 g/mol. The number of ether oxygens (including phenoxy) is 1. The molecule has 1 aromatic rings. The van der Waals surface area contributed by atoms with Crippen LogP contribution in [0.3, 0.4) is 0 Å². The van der Waals surface area contributed by atoms with Gasteiger partial charge in [-0.2, -0.15) is 0 Å².